The van der Waals surface area contributed by atoms with Crippen molar-refractivity contribution >= 4 is 50.3 Å². The molecule has 4 rings (SSSR count). The molecular formula is C27H25ClN4O4S. The van der Waals surface area contributed by atoms with Crippen molar-refractivity contribution in [2.45, 2.75) is 18.7 Å². The lowest BCUT2D eigenvalue weighted by atomic mass is 10.1. The molecule has 0 spiro atoms. The molecule has 8 nitrogen and oxygen atoms in total. The molecule has 0 saturated heterocycles. The number of aromatic nitrogens is 1. The van der Waals surface area contributed by atoms with Crippen molar-refractivity contribution in [3.63, 3.8) is 0 Å². The zero-order chi connectivity index (χ0) is 26.6. The Hall–Kier alpha value is -3.95. The number of hydrazone groups is 1. The Morgan fingerprint density at radius 1 is 1.03 bits per heavy atom. The van der Waals surface area contributed by atoms with Gasteiger partial charge < -0.3 is 4.74 Å². The molecule has 0 aliphatic carbocycles. The maximum absolute atomic E-state index is 13.4. The molecule has 0 saturated carbocycles. The third kappa shape index (κ3) is 6.07. The summed E-state index contributed by atoms with van der Waals surface area (Å²) in [6.07, 6.45) is 1.36. The Bertz CT molecular complexity index is 1570. The molecule has 4 aromatic rings. The lowest BCUT2D eigenvalue weighted by Gasteiger charge is -2.24. The second-order valence-electron chi connectivity index (χ2n) is 8.38. The van der Waals surface area contributed by atoms with Crippen molar-refractivity contribution in [1.29, 1.82) is 0 Å². The van der Waals surface area contributed by atoms with Crippen molar-refractivity contribution in [3.8, 4) is 5.75 Å². The fourth-order valence-corrected chi connectivity index (χ4v) is 5.18. The van der Waals surface area contributed by atoms with Gasteiger partial charge in [0.2, 0.25) is 0 Å². The minimum absolute atomic E-state index is 0.0839. The van der Waals surface area contributed by atoms with E-state index in [-0.39, 0.29) is 10.0 Å². The normalized spacial score (nSPS) is 11.6. The van der Waals surface area contributed by atoms with Crippen LogP contribution < -0.4 is 14.5 Å². The standard InChI is InChI=1S/C27H25ClN4O4S/c1-18-4-9-22(10-5-18)32(37(34,35)24-12-6-19(2)7-13-24)17-26(33)31-29-16-21-14-20-8-11-23(36-3)15-25(20)30-27(21)28/h4-16H,17H2,1-3H3,(H,31,33)/b29-16+. The Morgan fingerprint density at radius 2 is 1.68 bits per heavy atom. The molecular weight excluding hydrogens is 512 g/mol. The summed E-state index contributed by atoms with van der Waals surface area (Å²) in [5.41, 5.74) is 5.78. The summed E-state index contributed by atoms with van der Waals surface area (Å²) in [6.45, 7) is 3.29. The number of carbonyl (C=O) groups is 1. The first kappa shape index (κ1) is 26.1. The minimum Gasteiger partial charge on any atom is -0.497 e. The number of methoxy groups -OCH3 is 1. The van der Waals surface area contributed by atoms with Crippen LogP contribution in [0, 0.1) is 13.8 Å². The predicted octanol–water partition coefficient (Wildman–Crippen LogP) is 4.86. The molecule has 1 N–H and O–H groups in total. The number of carbonyl (C=O) groups excluding carboxylic acids is 1. The van der Waals surface area contributed by atoms with Crippen LogP contribution in [0.1, 0.15) is 16.7 Å². The molecule has 3 aromatic carbocycles. The van der Waals surface area contributed by atoms with E-state index < -0.39 is 22.5 Å². The second kappa shape index (κ2) is 11.0. The number of nitrogens with zero attached hydrogens (tertiary/aromatic N) is 3. The van der Waals surface area contributed by atoms with Crippen molar-refractivity contribution in [2.75, 3.05) is 18.0 Å². The van der Waals surface area contributed by atoms with Gasteiger partial charge in [-0.1, -0.05) is 47.0 Å². The molecule has 0 unspecified atom stereocenters. The Labute approximate surface area is 220 Å². The van der Waals surface area contributed by atoms with Gasteiger partial charge in [-0.15, -0.1) is 0 Å². The van der Waals surface area contributed by atoms with Crippen LogP contribution in [0.25, 0.3) is 10.9 Å². The number of pyridine rings is 1. The number of ether oxygens (including phenoxy) is 1. The predicted molar refractivity (Wildman–Crippen MR) is 146 cm³/mol. The number of fused-ring (bicyclic) bond motifs is 1. The number of benzene rings is 3. The van der Waals surface area contributed by atoms with Gasteiger partial charge in [-0.25, -0.2) is 18.8 Å². The van der Waals surface area contributed by atoms with E-state index in [1.165, 1.54) is 18.3 Å². The fourth-order valence-electron chi connectivity index (χ4n) is 3.56. The molecule has 1 aromatic heterocycles. The zero-order valence-electron chi connectivity index (χ0n) is 20.5. The lowest BCUT2D eigenvalue weighted by Crippen LogP contribution is -2.39. The van der Waals surface area contributed by atoms with E-state index in [9.17, 15) is 13.2 Å². The van der Waals surface area contributed by atoms with Gasteiger partial charge in [-0.3, -0.25) is 9.10 Å². The van der Waals surface area contributed by atoms with E-state index in [0.29, 0.717) is 22.5 Å². The van der Waals surface area contributed by atoms with Gasteiger partial charge in [0.25, 0.3) is 15.9 Å². The van der Waals surface area contributed by atoms with E-state index in [4.69, 9.17) is 16.3 Å². The Morgan fingerprint density at radius 3 is 2.32 bits per heavy atom. The maximum atomic E-state index is 13.4. The van der Waals surface area contributed by atoms with Crippen LogP contribution in [0.4, 0.5) is 5.69 Å². The molecule has 0 fully saturated rings. The highest BCUT2D eigenvalue weighted by molar-refractivity contribution is 7.92. The molecule has 0 radical (unpaired) electrons. The van der Waals surface area contributed by atoms with Crippen LogP contribution in [0.2, 0.25) is 5.15 Å². The summed E-state index contributed by atoms with van der Waals surface area (Å²) < 4.78 is 33.2. The minimum atomic E-state index is -4.01. The number of halogens is 1. The van der Waals surface area contributed by atoms with Crippen LogP contribution >= 0.6 is 11.6 Å². The van der Waals surface area contributed by atoms with Crippen LogP contribution in [-0.4, -0.2) is 39.2 Å². The zero-order valence-corrected chi connectivity index (χ0v) is 22.0. The van der Waals surface area contributed by atoms with Crippen LogP contribution in [-0.2, 0) is 14.8 Å². The molecule has 10 heteroatoms. The molecule has 0 aliphatic heterocycles. The number of nitrogens with one attached hydrogen (secondary N) is 1. The van der Waals surface area contributed by atoms with Crippen molar-refractivity contribution < 1.29 is 17.9 Å². The lowest BCUT2D eigenvalue weighted by molar-refractivity contribution is -0.119. The molecule has 0 aliphatic rings. The van der Waals surface area contributed by atoms with Gasteiger partial charge in [-0.2, -0.15) is 5.10 Å². The maximum Gasteiger partial charge on any atom is 0.264 e. The van der Waals surface area contributed by atoms with Crippen molar-refractivity contribution in [1.82, 2.24) is 10.4 Å². The number of hydrogen-bond donors (Lipinski definition) is 1. The summed E-state index contributed by atoms with van der Waals surface area (Å²) >= 11 is 6.29. The molecule has 1 amide bonds. The van der Waals surface area contributed by atoms with Crippen LogP contribution in [0.5, 0.6) is 5.75 Å². The van der Waals surface area contributed by atoms with Gasteiger partial charge in [-0.05, 0) is 56.3 Å². The fraction of sp³-hybridized carbons (Fsp3) is 0.148. The molecule has 190 valence electrons. The van der Waals surface area contributed by atoms with Gasteiger partial charge >= 0.3 is 0 Å². The third-order valence-electron chi connectivity index (χ3n) is 5.62. The van der Waals surface area contributed by atoms with E-state index >= 15 is 0 Å². The Kier molecular flexibility index (Phi) is 7.75. The van der Waals surface area contributed by atoms with E-state index in [0.717, 1.165) is 20.8 Å². The number of sulfonamides is 1. The summed E-state index contributed by atoms with van der Waals surface area (Å²) in [5.74, 6) is 0.0330. The first-order chi connectivity index (χ1) is 17.7. The smallest absolute Gasteiger partial charge is 0.264 e. The first-order valence-electron chi connectivity index (χ1n) is 11.3. The average Bonchev–Trinajstić information content (AvgIpc) is 2.88. The molecule has 0 atom stereocenters. The third-order valence-corrected chi connectivity index (χ3v) is 7.71. The SMILES string of the molecule is COc1ccc2cc(/C=N/NC(=O)CN(c3ccc(C)cc3)S(=O)(=O)c3ccc(C)cc3)c(Cl)nc2c1. The van der Waals surface area contributed by atoms with Gasteiger partial charge in [0.1, 0.15) is 17.4 Å². The summed E-state index contributed by atoms with van der Waals surface area (Å²) in [5, 5.41) is 4.98. The highest BCUT2D eigenvalue weighted by Crippen LogP contribution is 2.25. The number of amides is 1. The molecule has 1 heterocycles. The summed E-state index contributed by atoms with van der Waals surface area (Å²) in [6, 6.07) is 20.5. The van der Waals surface area contributed by atoms with Gasteiger partial charge in [0.15, 0.2) is 0 Å². The number of anilines is 1. The van der Waals surface area contributed by atoms with Crippen molar-refractivity contribution in [3.05, 3.63) is 94.6 Å². The van der Waals surface area contributed by atoms with E-state index in [1.54, 1.807) is 61.7 Å². The van der Waals surface area contributed by atoms with Gasteiger partial charge in [0.05, 0.1) is 29.4 Å². The quantitative estimate of drug-likeness (QED) is 0.197. The average molecular weight is 537 g/mol. The van der Waals surface area contributed by atoms with E-state index in [1.807, 2.05) is 19.9 Å². The van der Waals surface area contributed by atoms with Crippen LogP contribution in [0.15, 0.2) is 82.8 Å². The highest BCUT2D eigenvalue weighted by atomic mass is 35.5. The van der Waals surface area contributed by atoms with Crippen LogP contribution in [0.3, 0.4) is 0 Å². The first-order valence-corrected chi connectivity index (χ1v) is 13.1. The number of hydrogen-bond acceptors (Lipinski definition) is 6. The largest absolute Gasteiger partial charge is 0.497 e. The summed E-state index contributed by atoms with van der Waals surface area (Å²) in [7, 11) is -2.45. The van der Waals surface area contributed by atoms with E-state index in [2.05, 4.69) is 15.5 Å². The van der Waals surface area contributed by atoms with Crippen molar-refractivity contribution in [2.24, 2.45) is 5.10 Å². The summed E-state index contributed by atoms with van der Waals surface area (Å²) in [4.78, 5) is 17.2. The topological polar surface area (TPSA) is 101 Å². The Balaban J connectivity index is 1.55. The highest BCUT2D eigenvalue weighted by Gasteiger charge is 2.27. The number of aryl methyl sites for hydroxylation is 2. The number of rotatable bonds is 8. The van der Waals surface area contributed by atoms with Gasteiger partial charge in [0, 0.05) is 17.0 Å². The monoisotopic (exact) mass is 536 g/mol. The molecule has 37 heavy (non-hydrogen) atoms. The molecule has 0 bridgehead atoms. The second-order valence-corrected chi connectivity index (χ2v) is 10.6.